The summed E-state index contributed by atoms with van der Waals surface area (Å²) in [5, 5.41) is 0. The molecule has 0 spiro atoms. The molecule has 0 aliphatic carbocycles. The first-order chi connectivity index (χ1) is 6.42. The second-order valence-corrected chi connectivity index (χ2v) is 3.27. The van der Waals surface area contributed by atoms with Crippen LogP contribution in [0, 0.1) is 0 Å². The van der Waals surface area contributed by atoms with E-state index in [1.165, 1.54) is 5.56 Å². The lowest BCUT2D eigenvalue weighted by atomic mass is 9.91. The third-order valence-electron chi connectivity index (χ3n) is 2.46. The lowest BCUT2D eigenvalue weighted by Gasteiger charge is -2.24. The Balaban J connectivity index is 2.31. The summed E-state index contributed by atoms with van der Waals surface area (Å²) >= 11 is 0. The van der Waals surface area contributed by atoms with Crippen LogP contribution in [0.3, 0.4) is 0 Å². The normalized spacial score (nSPS) is 20.2. The summed E-state index contributed by atoms with van der Waals surface area (Å²) in [7, 11) is 0. The van der Waals surface area contributed by atoms with E-state index in [0.717, 1.165) is 25.1 Å². The predicted molar refractivity (Wildman–Crippen MR) is 50.0 cm³/mol. The summed E-state index contributed by atoms with van der Waals surface area (Å²) < 4.78 is 5.48. The number of ether oxygens (including phenoxy) is 1. The van der Waals surface area contributed by atoms with Gasteiger partial charge in [-0.05, 0) is 24.0 Å². The van der Waals surface area contributed by atoms with Crippen molar-refractivity contribution in [2.24, 2.45) is 0 Å². The van der Waals surface area contributed by atoms with E-state index in [0.29, 0.717) is 12.3 Å². The van der Waals surface area contributed by atoms with Gasteiger partial charge < -0.3 is 9.53 Å². The van der Waals surface area contributed by atoms with Crippen LogP contribution >= 0.6 is 0 Å². The minimum Gasteiger partial charge on any atom is -0.493 e. The number of carbonyl (C=O) groups is 1. The highest BCUT2D eigenvalue weighted by molar-refractivity contribution is 5.53. The van der Waals surface area contributed by atoms with Gasteiger partial charge in [-0.25, -0.2) is 0 Å². The molecule has 1 heterocycles. The number of aldehydes is 1. The number of hydrogen-bond donors (Lipinski definition) is 0. The molecule has 0 aromatic heterocycles. The molecule has 1 aromatic carbocycles. The Labute approximate surface area is 77.5 Å². The van der Waals surface area contributed by atoms with Gasteiger partial charge in [-0.15, -0.1) is 0 Å². The van der Waals surface area contributed by atoms with Crippen LogP contribution in [0.4, 0.5) is 0 Å². The Morgan fingerprint density at radius 1 is 1.46 bits per heavy atom. The van der Waals surface area contributed by atoms with Crippen LogP contribution in [-0.4, -0.2) is 12.9 Å². The lowest BCUT2D eigenvalue weighted by molar-refractivity contribution is -0.108. The van der Waals surface area contributed by atoms with Gasteiger partial charge in [0.25, 0.3) is 0 Å². The van der Waals surface area contributed by atoms with Crippen LogP contribution in [-0.2, 0) is 4.79 Å². The van der Waals surface area contributed by atoms with Crippen molar-refractivity contribution in [1.29, 1.82) is 0 Å². The maximum absolute atomic E-state index is 10.4. The Bertz CT molecular complexity index is 307. The van der Waals surface area contributed by atoms with Crippen LogP contribution in [0.15, 0.2) is 24.3 Å². The van der Waals surface area contributed by atoms with Crippen molar-refractivity contribution in [2.75, 3.05) is 6.61 Å². The highest BCUT2D eigenvalue weighted by Crippen LogP contribution is 2.34. The minimum absolute atomic E-state index is 0.363. The lowest BCUT2D eigenvalue weighted by Crippen LogP contribution is -2.14. The number of rotatable bonds is 2. The summed E-state index contributed by atoms with van der Waals surface area (Å²) in [4.78, 5) is 10.4. The van der Waals surface area contributed by atoms with E-state index < -0.39 is 0 Å². The monoisotopic (exact) mass is 176 g/mol. The topological polar surface area (TPSA) is 26.3 Å². The third-order valence-corrected chi connectivity index (χ3v) is 2.46. The molecular formula is C11H12O2. The van der Waals surface area contributed by atoms with Crippen molar-refractivity contribution in [3.05, 3.63) is 29.8 Å². The van der Waals surface area contributed by atoms with E-state index in [9.17, 15) is 4.79 Å². The zero-order chi connectivity index (χ0) is 9.10. The zero-order valence-electron chi connectivity index (χ0n) is 7.40. The quantitative estimate of drug-likeness (QED) is 0.645. The van der Waals surface area contributed by atoms with E-state index in [2.05, 4.69) is 0 Å². The molecule has 13 heavy (non-hydrogen) atoms. The molecule has 0 saturated carbocycles. The highest BCUT2D eigenvalue weighted by atomic mass is 16.5. The first-order valence-corrected chi connectivity index (χ1v) is 4.57. The number of carbonyl (C=O) groups excluding carboxylic acids is 1. The molecular weight excluding hydrogens is 164 g/mol. The average molecular weight is 176 g/mol. The number of benzene rings is 1. The minimum atomic E-state index is 0.363. The second-order valence-electron chi connectivity index (χ2n) is 3.27. The van der Waals surface area contributed by atoms with Gasteiger partial charge in [0, 0.05) is 6.42 Å². The fourth-order valence-electron chi connectivity index (χ4n) is 1.78. The van der Waals surface area contributed by atoms with E-state index in [-0.39, 0.29) is 0 Å². The maximum Gasteiger partial charge on any atom is 0.122 e. The van der Waals surface area contributed by atoms with Gasteiger partial charge in [0.1, 0.15) is 12.0 Å². The van der Waals surface area contributed by atoms with Crippen molar-refractivity contribution in [3.63, 3.8) is 0 Å². The highest BCUT2D eigenvalue weighted by Gasteiger charge is 2.19. The summed E-state index contributed by atoms with van der Waals surface area (Å²) in [6.45, 7) is 0.732. The van der Waals surface area contributed by atoms with Gasteiger partial charge in [0.2, 0.25) is 0 Å². The largest absolute Gasteiger partial charge is 0.493 e. The third kappa shape index (κ3) is 1.57. The SMILES string of the molecule is O=CCC1CCOc2ccccc21. The molecule has 2 nitrogen and oxygen atoms in total. The van der Waals surface area contributed by atoms with E-state index in [4.69, 9.17) is 4.74 Å². The van der Waals surface area contributed by atoms with Gasteiger partial charge in [0.15, 0.2) is 0 Å². The van der Waals surface area contributed by atoms with Crippen LogP contribution < -0.4 is 4.74 Å². The molecule has 0 N–H and O–H groups in total. The molecule has 1 unspecified atom stereocenters. The molecule has 0 fully saturated rings. The van der Waals surface area contributed by atoms with Gasteiger partial charge in [0.05, 0.1) is 6.61 Å². The second kappa shape index (κ2) is 3.60. The first-order valence-electron chi connectivity index (χ1n) is 4.57. The number of para-hydroxylation sites is 1. The van der Waals surface area contributed by atoms with Crippen molar-refractivity contribution < 1.29 is 9.53 Å². The Hall–Kier alpha value is -1.31. The molecule has 1 atom stereocenters. The summed E-state index contributed by atoms with van der Waals surface area (Å²) in [6, 6.07) is 7.96. The summed E-state index contributed by atoms with van der Waals surface area (Å²) in [6.07, 6.45) is 2.56. The predicted octanol–water partition coefficient (Wildman–Crippen LogP) is 2.14. The summed E-state index contributed by atoms with van der Waals surface area (Å²) in [5.74, 6) is 1.31. The van der Waals surface area contributed by atoms with E-state index in [1.807, 2.05) is 24.3 Å². The zero-order valence-corrected chi connectivity index (χ0v) is 7.40. The number of fused-ring (bicyclic) bond motifs is 1. The molecule has 1 aliphatic rings. The van der Waals surface area contributed by atoms with Crippen LogP contribution in [0.25, 0.3) is 0 Å². The van der Waals surface area contributed by atoms with Gasteiger partial charge >= 0.3 is 0 Å². The maximum atomic E-state index is 10.4. The molecule has 1 aromatic rings. The van der Waals surface area contributed by atoms with E-state index in [1.54, 1.807) is 0 Å². The molecule has 68 valence electrons. The van der Waals surface area contributed by atoms with Gasteiger partial charge in [-0.3, -0.25) is 0 Å². The van der Waals surface area contributed by atoms with Crippen LogP contribution in [0.5, 0.6) is 5.75 Å². The van der Waals surface area contributed by atoms with Crippen molar-refractivity contribution in [3.8, 4) is 5.75 Å². The van der Waals surface area contributed by atoms with Crippen LogP contribution in [0.2, 0.25) is 0 Å². The Morgan fingerprint density at radius 2 is 2.31 bits per heavy atom. The fourth-order valence-corrected chi connectivity index (χ4v) is 1.78. The number of hydrogen-bond acceptors (Lipinski definition) is 2. The molecule has 2 rings (SSSR count). The first kappa shape index (κ1) is 8.30. The molecule has 2 heteroatoms. The standard InChI is InChI=1S/C11H12O2/c12-7-5-9-6-8-13-11-4-2-1-3-10(9)11/h1-4,7,9H,5-6,8H2. The van der Waals surface area contributed by atoms with Gasteiger partial charge in [-0.2, -0.15) is 0 Å². The average Bonchev–Trinajstić information content (AvgIpc) is 2.19. The van der Waals surface area contributed by atoms with Crippen molar-refractivity contribution >= 4 is 6.29 Å². The fraction of sp³-hybridized carbons (Fsp3) is 0.364. The molecule has 0 radical (unpaired) electrons. The summed E-state index contributed by atoms with van der Waals surface area (Å²) in [5.41, 5.74) is 1.18. The molecule has 0 bridgehead atoms. The molecule has 1 aliphatic heterocycles. The Kier molecular flexibility index (Phi) is 2.30. The molecule has 0 saturated heterocycles. The van der Waals surface area contributed by atoms with Crippen molar-refractivity contribution in [1.82, 2.24) is 0 Å². The van der Waals surface area contributed by atoms with Crippen molar-refractivity contribution in [2.45, 2.75) is 18.8 Å². The van der Waals surface area contributed by atoms with Crippen LogP contribution in [0.1, 0.15) is 24.3 Å². The van der Waals surface area contributed by atoms with Gasteiger partial charge in [-0.1, -0.05) is 18.2 Å². The van der Waals surface area contributed by atoms with E-state index >= 15 is 0 Å². The smallest absolute Gasteiger partial charge is 0.122 e. The molecule has 0 amide bonds. The Morgan fingerprint density at radius 3 is 3.15 bits per heavy atom.